The summed E-state index contributed by atoms with van der Waals surface area (Å²) in [5.41, 5.74) is 1.63. The van der Waals surface area contributed by atoms with Crippen LogP contribution < -0.4 is 19.5 Å². The van der Waals surface area contributed by atoms with E-state index in [9.17, 15) is 13.2 Å². The van der Waals surface area contributed by atoms with E-state index in [1.807, 2.05) is 37.3 Å². The highest BCUT2D eigenvalue weighted by Gasteiger charge is 2.23. The number of carbonyl (C=O) groups excluding carboxylic acids is 1. The largest absolute Gasteiger partial charge is 0.497 e. The average molecular weight is 455 g/mol. The number of methoxy groups -OCH3 is 2. The normalized spacial score (nSPS) is 12.0. The maximum absolute atomic E-state index is 13.1. The first-order valence-electron chi connectivity index (χ1n) is 10.1. The van der Waals surface area contributed by atoms with Gasteiger partial charge in [-0.1, -0.05) is 37.3 Å². The molecule has 1 amide bonds. The van der Waals surface area contributed by atoms with Crippen LogP contribution in [-0.2, 0) is 14.8 Å². The van der Waals surface area contributed by atoms with E-state index in [1.54, 1.807) is 30.3 Å². The summed E-state index contributed by atoms with van der Waals surface area (Å²) in [4.78, 5) is 12.8. The minimum atomic E-state index is -3.98. The lowest BCUT2D eigenvalue weighted by atomic mass is 9.95. The molecule has 2 N–H and O–H groups in total. The van der Waals surface area contributed by atoms with Crippen molar-refractivity contribution in [3.8, 4) is 11.5 Å². The van der Waals surface area contributed by atoms with Crippen LogP contribution in [0.4, 0.5) is 11.4 Å². The lowest BCUT2D eigenvalue weighted by molar-refractivity contribution is -0.117. The third-order valence-corrected chi connectivity index (χ3v) is 6.39. The van der Waals surface area contributed by atoms with Crippen LogP contribution in [-0.4, -0.2) is 28.5 Å². The zero-order valence-electron chi connectivity index (χ0n) is 18.2. The lowest BCUT2D eigenvalue weighted by Crippen LogP contribution is -2.21. The van der Waals surface area contributed by atoms with Gasteiger partial charge >= 0.3 is 0 Å². The summed E-state index contributed by atoms with van der Waals surface area (Å²) in [6.07, 6.45) is 0.607. The van der Waals surface area contributed by atoms with Crippen molar-refractivity contribution in [3.63, 3.8) is 0 Å². The van der Waals surface area contributed by atoms with Crippen LogP contribution in [0.2, 0.25) is 0 Å². The van der Waals surface area contributed by atoms with Gasteiger partial charge in [0.25, 0.3) is 10.0 Å². The Bertz CT molecular complexity index is 1160. The minimum absolute atomic E-state index is 0.0821. The number of nitrogens with one attached hydrogen (secondary N) is 2. The molecule has 168 valence electrons. The van der Waals surface area contributed by atoms with Crippen molar-refractivity contribution in [1.29, 1.82) is 0 Å². The Morgan fingerprint density at radius 1 is 0.906 bits per heavy atom. The van der Waals surface area contributed by atoms with Crippen LogP contribution in [0.15, 0.2) is 77.7 Å². The zero-order valence-corrected chi connectivity index (χ0v) is 19.0. The Balaban J connectivity index is 1.86. The van der Waals surface area contributed by atoms with E-state index in [0.717, 1.165) is 5.56 Å². The fourth-order valence-electron chi connectivity index (χ4n) is 3.32. The maximum Gasteiger partial charge on any atom is 0.265 e. The number of hydrogen-bond acceptors (Lipinski definition) is 5. The Morgan fingerprint density at radius 3 is 2.16 bits per heavy atom. The van der Waals surface area contributed by atoms with E-state index in [4.69, 9.17) is 9.47 Å². The van der Waals surface area contributed by atoms with Crippen molar-refractivity contribution in [2.45, 2.75) is 24.2 Å². The molecule has 0 aromatic heterocycles. The van der Waals surface area contributed by atoms with Crippen LogP contribution in [0.1, 0.15) is 24.8 Å². The summed E-state index contributed by atoms with van der Waals surface area (Å²) in [7, 11) is -1.06. The maximum atomic E-state index is 13.1. The summed E-state index contributed by atoms with van der Waals surface area (Å²) < 4.78 is 39.0. The topological polar surface area (TPSA) is 93.7 Å². The van der Waals surface area contributed by atoms with Gasteiger partial charge in [0.1, 0.15) is 16.4 Å². The van der Waals surface area contributed by atoms with Gasteiger partial charge in [0.15, 0.2) is 0 Å². The molecule has 0 saturated heterocycles. The number of rotatable bonds is 9. The number of anilines is 2. The molecule has 3 aromatic carbocycles. The highest BCUT2D eigenvalue weighted by Crippen LogP contribution is 2.30. The first-order valence-corrected chi connectivity index (χ1v) is 11.6. The predicted molar refractivity (Wildman–Crippen MR) is 125 cm³/mol. The standard InChI is InChI=1S/C24H26N2O5S/c1-4-21(17-8-6-5-7-9-17)24(27)25-19-12-15-22(31-3)23(16-19)32(28,29)26-18-10-13-20(30-2)14-11-18/h5-16,21,26H,4H2,1-3H3,(H,25,27). The third kappa shape index (κ3) is 5.39. The van der Waals surface area contributed by atoms with E-state index in [2.05, 4.69) is 10.0 Å². The summed E-state index contributed by atoms with van der Waals surface area (Å²) in [6, 6.07) is 20.5. The van der Waals surface area contributed by atoms with Gasteiger partial charge in [0, 0.05) is 11.4 Å². The van der Waals surface area contributed by atoms with Gasteiger partial charge in [0.05, 0.1) is 20.1 Å². The number of carbonyl (C=O) groups is 1. The number of hydrogen-bond donors (Lipinski definition) is 2. The Kier molecular flexibility index (Phi) is 7.37. The Morgan fingerprint density at radius 2 is 1.56 bits per heavy atom. The molecular formula is C24H26N2O5S. The summed E-state index contributed by atoms with van der Waals surface area (Å²) >= 11 is 0. The SMILES string of the molecule is CCC(C(=O)Nc1ccc(OC)c(S(=O)(=O)Nc2ccc(OC)cc2)c1)c1ccccc1. The molecule has 0 saturated carbocycles. The zero-order chi connectivity index (χ0) is 23.1. The molecule has 0 aliphatic heterocycles. The quantitative estimate of drug-likeness (QED) is 0.491. The van der Waals surface area contributed by atoms with Gasteiger partial charge < -0.3 is 14.8 Å². The first-order chi connectivity index (χ1) is 15.4. The van der Waals surface area contributed by atoms with E-state index >= 15 is 0 Å². The molecule has 0 radical (unpaired) electrons. The van der Waals surface area contributed by atoms with E-state index < -0.39 is 10.0 Å². The Hall–Kier alpha value is -3.52. The van der Waals surface area contributed by atoms with Gasteiger partial charge in [-0.15, -0.1) is 0 Å². The molecule has 0 aliphatic rings. The molecule has 0 spiro atoms. The van der Waals surface area contributed by atoms with Crippen molar-refractivity contribution in [3.05, 3.63) is 78.4 Å². The number of ether oxygens (including phenoxy) is 2. The number of amides is 1. The molecule has 7 nitrogen and oxygen atoms in total. The summed E-state index contributed by atoms with van der Waals surface area (Å²) in [5, 5.41) is 2.83. The molecule has 0 fully saturated rings. The van der Waals surface area contributed by atoms with Crippen molar-refractivity contribution < 1.29 is 22.7 Å². The fourth-order valence-corrected chi connectivity index (χ4v) is 4.58. The van der Waals surface area contributed by atoms with E-state index in [1.165, 1.54) is 26.4 Å². The smallest absolute Gasteiger partial charge is 0.265 e. The molecule has 8 heteroatoms. The van der Waals surface area contributed by atoms with Crippen molar-refractivity contribution >= 4 is 27.3 Å². The highest BCUT2D eigenvalue weighted by atomic mass is 32.2. The van der Waals surface area contributed by atoms with Crippen LogP contribution in [0.3, 0.4) is 0 Å². The summed E-state index contributed by atoms with van der Waals surface area (Å²) in [6.45, 7) is 1.93. The van der Waals surface area contributed by atoms with Gasteiger partial charge in [-0.3, -0.25) is 9.52 Å². The molecule has 0 bridgehead atoms. The van der Waals surface area contributed by atoms with Crippen LogP contribution in [0, 0.1) is 0 Å². The molecule has 0 heterocycles. The first kappa shape index (κ1) is 23.1. The predicted octanol–water partition coefficient (Wildman–Crippen LogP) is 4.64. The van der Waals surface area contributed by atoms with E-state index in [-0.39, 0.29) is 22.5 Å². The minimum Gasteiger partial charge on any atom is -0.497 e. The molecule has 0 aliphatic carbocycles. The fraction of sp³-hybridized carbons (Fsp3) is 0.208. The van der Waals surface area contributed by atoms with Gasteiger partial charge in [-0.2, -0.15) is 0 Å². The van der Waals surface area contributed by atoms with Gasteiger partial charge in [-0.25, -0.2) is 8.42 Å². The number of benzene rings is 3. The molecule has 1 atom stereocenters. The third-order valence-electron chi connectivity index (χ3n) is 4.99. The lowest BCUT2D eigenvalue weighted by Gasteiger charge is -2.17. The van der Waals surface area contributed by atoms with Gasteiger partial charge in [0.2, 0.25) is 5.91 Å². The second-order valence-electron chi connectivity index (χ2n) is 7.06. The van der Waals surface area contributed by atoms with Gasteiger partial charge in [-0.05, 0) is 54.4 Å². The van der Waals surface area contributed by atoms with E-state index in [0.29, 0.717) is 23.5 Å². The molecule has 32 heavy (non-hydrogen) atoms. The van der Waals surface area contributed by atoms with Crippen molar-refractivity contribution in [2.24, 2.45) is 0 Å². The van der Waals surface area contributed by atoms with Crippen LogP contribution in [0.25, 0.3) is 0 Å². The Labute approximate surface area is 188 Å². The monoisotopic (exact) mass is 454 g/mol. The van der Waals surface area contributed by atoms with Crippen molar-refractivity contribution in [1.82, 2.24) is 0 Å². The highest BCUT2D eigenvalue weighted by molar-refractivity contribution is 7.92. The van der Waals surface area contributed by atoms with Crippen molar-refractivity contribution in [2.75, 3.05) is 24.3 Å². The number of sulfonamides is 1. The van der Waals surface area contributed by atoms with Crippen LogP contribution >= 0.6 is 0 Å². The second kappa shape index (κ2) is 10.2. The second-order valence-corrected chi connectivity index (χ2v) is 8.71. The molecule has 3 rings (SSSR count). The average Bonchev–Trinajstić information content (AvgIpc) is 2.80. The summed E-state index contributed by atoms with van der Waals surface area (Å²) in [5.74, 6) is 0.212. The molecule has 3 aromatic rings. The molecule has 1 unspecified atom stereocenters. The molecular weight excluding hydrogens is 428 g/mol. The van der Waals surface area contributed by atoms with Crippen LogP contribution in [0.5, 0.6) is 11.5 Å².